The molecule has 3 nitrogen and oxygen atoms in total. The number of rotatable bonds is 5. The molecule has 0 spiro atoms. The van der Waals surface area contributed by atoms with Crippen LogP contribution in [0.15, 0.2) is 24.3 Å². The molecule has 0 saturated carbocycles. The summed E-state index contributed by atoms with van der Waals surface area (Å²) in [5.74, 6) is -0.268. The first-order valence-electron chi connectivity index (χ1n) is 5.14. The third-order valence-electron chi connectivity index (χ3n) is 2.22. The van der Waals surface area contributed by atoms with Crippen molar-refractivity contribution in [3.8, 4) is 5.75 Å². The summed E-state index contributed by atoms with van der Waals surface area (Å²) in [6.45, 7) is 0.0446. The molecule has 0 aromatic heterocycles. The van der Waals surface area contributed by atoms with Crippen molar-refractivity contribution in [1.29, 1.82) is 0 Å². The molecule has 96 valence electrons. The summed E-state index contributed by atoms with van der Waals surface area (Å²) in [5.41, 5.74) is 6.50. The molecule has 0 saturated heterocycles. The zero-order chi connectivity index (χ0) is 12.9. The minimum absolute atomic E-state index is 0.0446. The normalized spacial score (nSPS) is 13.5. The summed E-state index contributed by atoms with van der Waals surface area (Å²) in [4.78, 5) is 0. The fourth-order valence-electron chi connectivity index (χ4n) is 1.39. The van der Waals surface area contributed by atoms with E-state index in [0.29, 0.717) is 18.4 Å². The summed E-state index contributed by atoms with van der Waals surface area (Å²) in [6, 6.07) is 5.14. The van der Waals surface area contributed by atoms with Gasteiger partial charge < -0.3 is 15.6 Å². The van der Waals surface area contributed by atoms with Gasteiger partial charge in [-0.25, -0.2) is 0 Å². The zero-order valence-electron chi connectivity index (χ0n) is 9.07. The summed E-state index contributed by atoms with van der Waals surface area (Å²) in [6.07, 6.45) is -3.54. The molecule has 17 heavy (non-hydrogen) atoms. The zero-order valence-corrected chi connectivity index (χ0v) is 9.07. The smallest absolute Gasteiger partial charge is 0.406 e. The van der Waals surface area contributed by atoms with Crippen molar-refractivity contribution in [3.05, 3.63) is 29.8 Å². The Morgan fingerprint density at radius 3 is 2.29 bits per heavy atom. The maximum Gasteiger partial charge on any atom is 0.573 e. The monoisotopic (exact) mass is 249 g/mol. The Morgan fingerprint density at radius 2 is 1.82 bits per heavy atom. The molecule has 3 N–H and O–H groups in total. The van der Waals surface area contributed by atoms with Crippen LogP contribution in [0.3, 0.4) is 0 Å². The van der Waals surface area contributed by atoms with Crippen molar-refractivity contribution in [2.75, 3.05) is 6.61 Å². The summed E-state index contributed by atoms with van der Waals surface area (Å²) in [5, 5.41) is 8.63. The summed E-state index contributed by atoms with van der Waals surface area (Å²) in [7, 11) is 0. The molecule has 0 radical (unpaired) electrons. The van der Waals surface area contributed by atoms with Gasteiger partial charge in [-0.3, -0.25) is 0 Å². The number of nitrogens with two attached hydrogens (primary N) is 1. The van der Waals surface area contributed by atoms with Crippen LogP contribution >= 0.6 is 0 Å². The van der Waals surface area contributed by atoms with Crippen molar-refractivity contribution in [1.82, 2.24) is 0 Å². The second kappa shape index (κ2) is 5.88. The first kappa shape index (κ1) is 13.8. The van der Waals surface area contributed by atoms with E-state index in [0.717, 1.165) is 0 Å². The molecule has 1 aromatic rings. The van der Waals surface area contributed by atoms with Crippen molar-refractivity contribution in [2.45, 2.75) is 25.2 Å². The van der Waals surface area contributed by atoms with E-state index in [4.69, 9.17) is 10.8 Å². The Hall–Kier alpha value is -1.27. The van der Waals surface area contributed by atoms with Gasteiger partial charge in [-0.15, -0.1) is 13.2 Å². The highest BCUT2D eigenvalue weighted by molar-refractivity contribution is 5.29. The van der Waals surface area contributed by atoms with Gasteiger partial charge >= 0.3 is 6.36 Å². The highest BCUT2D eigenvalue weighted by atomic mass is 19.4. The van der Waals surface area contributed by atoms with E-state index >= 15 is 0 Å². The van der Waals surface area contributed by atoms with E-state index in [9.17, 15) is 13.2 Å². The van der Waals surface area contributed by atoms with Crippen molar-refractivity contribution in [3.63, 3.8) is 0 Å². The molecule has 0 amide bonds. The quantitative estimate of drug-likeness (QED) is 0.842. The lowest BCUT2D eigenvalue weighted by atomic mass is 10.0. The highest BCUT2D eigenvalue weighted by Crippen LogP contribution is 2.24. The van der Waals surface area contributed by atoms with Gasteiger partial charge in [0.05, 0.1) is 0 Å². The van der Waals surface area contributed by atoms with Crippen LogP contribution in [0, 0.1) is 0 Å². The van der Waals surface area contributed by atoms with Gasteiger partial charge in [-0.05, 0) is 30.5 Å². The fourth-order valence-corrected chi connectivity index (χ4v) is 1.39. The van der Waals surface area contributed by atoms with Crippen molar-refractivity contribution >= 4 is 0 Å². The van der Waals surface area contributed by atoms with Gasteiger partial charge in [0, 0.05) is 12.6 Å². The number of aliphatic hydroxyl groups excluding tert-OH is 1. The first-order chi connectivity index (χ1) is 7.92. The van der Waals surface area contributed by atoms with Crippen molar-refractivity contribution < 1.29 is 23.0 Å². The van der Waals surface area contributed by atoms with Gasteiger partial charge in [0.25, 0.3) is 0 Å². The molecule has 0 unspecified atom stereocenters. The SMILES string of the molecule is N[C@@H](CCCO)c1ccc(OC(F)(F)F)cc1. The van der Waals surface area contributed by atoms with E-state index in [1.54, 1.807) is 0 Å². The predicted molar refractivity (Wildman–Crippen MR) is 56.4 cm³/mol. The molecule has 0 aliphatic rings. The van der Waals surface area contributed by atoms with Crippen LogP contribution < -0.4 is 10.5 Å². The van der Waals surface area contributed by atoms with Crippen LogP contribution in [0.25, 0.3) is 0 Å². The second-order valence-electron chi connectivity index (χ2n) is 3.59. The number of ether oxygens (including phenoxy) is 1. The number of aliphatic hydroxyl groups is 1. The lowest BCUT2D eigenvalue weighted by Crippen LogP contribution is -2.17. The van der Waals surface area contributed by atoms with Gasteiger partial charge in [0.1, 0.15) is 5.75 Å². The van der Waals surface area contributed by atoms with Gasteiger partial charge in [-0.1, -0.05) is 12.1 Å². The van der Waals surface area contributed by atoms with Crippen molar-refractivity contribution in [2.24, 2.45) is 5.73 Å². The van der Waals surface area contributed by atoms with E-state index in [2.05, 4.69) is 4.74 Å². The lowest BCUT2D eigenvalue weighted by molar-refractivity contribution is -0.274. The maximum atomic E-state index is 11.9. The minimum atomic E-state index is -4.68. The average Bonchev–Trinajstić information content (AvgIpc) is 2.24. The molecular formula is C11H14F3NO2. The van der Waals surface area contributed by atoms with Crippen LogP contribution in [-0.2, 0) is 0 Å². The Morgan fingerprint density at radius 1 is 1.24 bits per heavy atom. The predicted octanol–water partition coefficient (Wildman–Crippen LogP) is 2.36. The number of alkyl halides is 3. The number of hydrogen-bond donors (Lipinski definition) is 2. The minimum Gasteiger partial charge on any atom is -0.406 e. The third-order valence-corrected chi connectivity index (χ3v) is 2.22. The van der Waals surface area contributed by atoms with E-state index < -0.39 is 6.36 Å². The van der Waals surface area contributed by atoms with E-state index in [1.807, 2.05) is 0 Å². The number of benzene rings is 1. The van der Waals surface area contributed by atoms with E-state index in [-0.39, 0.29) is 18.4 Å². The van der Waals surface area contributed by atoms with Gasteiger partial charge in [-0.2, -0.15) is 0 Å². The Labute approximate surface area is 97.0 Å². The van der Waals surface area contributed by atoms with Crippen LogP contribution in [0.5, 0.6) is 5.75 Å². The Bertz CT molecular complexity index is 338. The van der Waals surface area contributed by atoms with Crippen LogP contribution in [0.1, 0.15) is 24.4 Å². The molecule has 0 aliphatic heterocycles. The largest absolute Gasteiger partial charge is 0.573 e. The van der Waals surface area contributed by atoms with Gasteiger partial charge in [0.2, 0.25) is 0 Å². The molecule has 0 heterocycles. The molecule has 0 fully saturated rings. The van der Waals surface area contributed by atoms with Gasteiger partial charge in [0.15, 0.2) is 0 Å². The molecule has 0 aliphatic carbocycles. The molecule has 1 aromatic carbocycles. The number of halogens is 3. The second-order valence-corrected chi connectivity index (χ2v) is 3.59. The molecular weight excluding hydrogens is 235 g/mol. The molecule has 6 heteroatoms. The van der Waals surface area contributed by atoms with Crippen LogP contribution in [-0.4, -0.2) is 18.1 Å². The standard InChI is InChI=1S/C11H14F3NO2/c12-11(13,14)17-9-5-3-8(4-6-9)10(15)2-1-7-16/h3-6,10,16H,1-2,7,15H2/t10-/m0/s1. The highest BCUT2D eigenvalue weighted by Gasteiger charge is 2.30. The third kappa shape index (κ3) is 5.06. The molecule has 1 atom stereocenters. The lowest BCUT2D eigenvalue weighted by Gasteiger charge is -2.13. The topological polar surface area (TPSA) is 55.5 Å². The average molecular weight is 249 g/mol. The Kier molecular flexibility index (Phi) is 4.77. The fraction of sp³-hybridized carbons (Fsp3) is 0.455. The maximum absolute atomic E-state index is 11.9. The first-order valence-corrected chi connectivity index (χ1v) is 5.14. The Balaban J connectivity index is 2.61. The van der Waals surface area contributed by atoms with Crippen LogP contribution in [0.2, 0.25) is 0 Å². The number of hydrogen-bond acceptors (Lipinski definition) is 3. The molecule has 1 rings (SSSR count). The molecule has 0 bridgehead atoms. The summed E-state index contributed by atoms with van der Waals surface area (Å²) >= 11 is 0. The van der Waals surface area contributed by atoms with E-state index in [1.165, 1.54) is 24.3 Å². The van der Waals surface area contributed by atoms with Crippen LogP contribution in [0.4, 0.5) is 13.2 Å². The summed E-state index contributed by atoms with van der Waals surface area (Å²) < 4.78 is 39.4.